The summed E-state index contributed by atoms with van der Waals surface area (Å²) < 4.78 is 6.87. The average Bonchev–Trinajstić information content (AvgIpc) is 2.68. The van der Waals surface area contributed by atoms with Gasteiger partial charge in [-0.25, -0.2) is 0 Å². The molecule has 2 aromatic rings. The fourth-order valence-corrected chi connectivity index (χ4v) is 10.8. The van der Waals surface area contributed by atoms with Crippen molar-refractivity contribution in [3.05, 3.63) is 64.6 Å². The van der Waals surface area contributed by atoms with Crippen molar-refractivity contribution >= 4 is 8.32 Å². The Hall–Kier alpha value is -2.11. The van der Waals surface area contributed by atoms with E-state index in [0.717, 1.165) is 5.56 Å². The molecule has 0 amide bonds. The third kappa shape index (κ3) is 4.88. The lowest BCUT2D eigenvalue weighted by molar-refractivity contribution is 0.224. The van der Waals surface area contributed by atoms with Gasteiger partial charge in [-0.1, -0.05) is 84.0 Å². The van der Waals surface area contributed by atoms with Crippen LogP contribution < -0.4 is 5.56 Å². The zero-order chi connectivity index (χ0) is 23.4. The molecule has 0 aliphatic carbocycles. The van der Waals surface area contributed by atoms with Gasteiger partial charge in [-0.2, -0.15) is 0 Å². The molecule has 0 unspecified atom stereocenters. The Morgan fingerprint density at radius 3 is 2.10 bits per heavy atom. The van der Waals surface area contributed by atoms with Crippen LogP contribution in [0.2, 0.25) is 16.6 Å². The molecule has 0 saturated heterocycles. The lowest BCUT2D eigenvalue weighted by Gasteiger charge is -2.44. The maximum Gasteiger partial charge on any atom is 0.255 e. The Balaban J connectivity index is 2.60. The molecule has 0 radical (unpaired) electrons. The lowest BCUT2D eigenvalue weighted by atomic mass is 9.82. The van der Waals surface area contributed by atoms with E-state index in [1.165, 1.54) is 0 Å². The number of hydrogen-bond donors (Lipinski definition) is 2. The van der Waals surface area contributed by atoms with E-state index in [4.69, 9.17) is 4.43 Å². The Kier molecular flexibility index (Phi) is 8.12. The zero-order valence-corrected chi connectivity index (χ0v) is 21.3. The SMILES string of the molecule is C/C=C/[C@](C)(CO[Si](C(C)C)(C(C)C)C(C)C)c1c(O)c(-c2ccccc2)c[nH]c1=O. The molecule has 0 bridgehead atoms. The number of allylic oxidation sites excluding steroid dienone is 1. The first-order chi connectivity index (χ1) is 14.5. The predicted molar refractivity (Wildman–Crippen MR) is 133 cm³/mol. The fourth-order valence-electron chi connectivity index (χ4n) is 5.23. The standard InChI is InChI=1S/C26H39NO3Si/c1-9-15-26(8,17-30-31(18(2)3,19(4)5)20(6)7)23-24(28)22(16-27-25(23)29)21-13-11-10-12-14-21/h9-16,18-20H,17H2,1-8H3,(H2,27,28,29)/b15-9+/t26-/m1/s1. The van der Waals surface area contributed by atoms with E-state index in [-0.39, 0.29) is 11.3 Å². The molecule has 0 fully saturated rings. The van der Waals surface area contributed by atoms with Crippen molar-refractivity contribution in [3.63, 3.8) is 0 Å². The monoisotopic (exact) mass is 441 g/mol. The summed E-state index contributed by atoms with van der Waals surface area (Å²) in [5.41, 5.74) is 2.09. The third-order valence-electron chi connectivity index (χ3n) is 6.59. The van der Waals surface area contributed by atoms with Crippen LogP contribution in [-0.4, -0.2) is 25.0 Å². The molecule has 31 heavy (non-hydrogen) atoms. The zero-order valence-electron chi connectivity index (χ0n) is 20.3. The van der Waals surface area contributed by atoms with E-state index in [1.54, 1.807) is 6.20 Å². The van der Waals surface area contributed by atoms with E-state index >= 15 is 0 Å². The molecule has 0 saturated carbocycles. The minimum Gasteiger partial charge on any atom is -0.507 e. The number of H-pyrrole nitrogens is 1. The van der Waals surface area contributed by atoms with Crippen molar-refractivity contribution in [1.29, 1.82) is 0 Å². The molecule has 1 atom stereocenters. The summed E-state index contributed by atoms with van der Waals surface area (Å²) in [6, 6.07) is 9.62. The van der Waals surface area contributed by atoms with Gasteiger partial charge in [-0.15, -0.1) is 0 Å². The van der Waals surface area contributed by atoms with Crippen LogP contribution in [0.25, 0.3) is 11.1 Å². The lowest BCUT2D eigenvalue weighted by Crippen LogP contribution is -2.50. The highest BCUT2D eigenvalue weighted by Gasteiger charge is 2.46. The highest BCUT2D eigenvalue weighted by atomic mass is 28.4. The fraction of sp³-hybridized carbons (Fsp3) is 0.500. The smallest absolute Gasteiger partial charge is 0.255 e. The molecular weight excluding hydrogens is 402 g/mol. The largest absolute Gasteiger partial charge is 0.507 e. The molecule has 0 aliphatic heterocycles. The van der Waals surface area contributed by atoms with Crippen molar-refractivity contribution in [2.24, 2.45) is 0 Å². The Bertz CT molecular complexity index is 925. The first-order valence-electron chi connectivity index (χ1n) is 11.3. The summed E-state index contributed by atoms with van der Waals surface area (Å²) in [5, 5.41) is 11.2. The molecule has 5 heteroatoms. The molecule has 1 aromatic heterocycles. The number of aromatic amines is 1. The van der Waals surface area contributed by atoms with E-state index in [9.17, 15) is 9.90 Å². The van der Waals surface area contributed by atoms with Crippen LogP contribution in [0.4, 0.5) is 0 Å². The number of hydrogen-bond acceptors (Lipinski definition) is 3. The first kappa shape index (κ1) is 25.2. The first-order valence-corrected chi connectivity index (χ1v) is 13.4. The summed E-state index contributed by atoms with van der Waals surface area (Å²) in [4.78, 5) is 15.8. The van der Waals surface area contributed by atoms with Gasteiger partial charge in [0, 0.05) is 23.8 Å². The highest BCUT2D eigenvalue weighted by Crippen LogP contribution is 2.44. The summed E-state index contributed by atoms with van der Waals surface area (Å²) in [6.45, 7) is 17.8. The summed E-state index contributed by atoms with van der Waals surface area (Å²) in [5.74, 6) is 0.0186. The van der Waals surface area contributed by atoms with Gasteiger partial charge in [0.05, 0.1) is 5.56 Å². The summed E-state index contributed by atoms with van der Waals surface area (Å²) in [7, 11) is -2.14. The molecule has 0 aliphatic rings. The van der Waals surface area contributed by atoms with Gasteiger partial charge in [0.2, 0.25) is 0 Å². The summed E-state index contributed by atoms with van der Waals surface area (Å²) in [6.07, 6.45) is 5.50. The second-order valence-corrected chi connectivity index (χ2v) is 15.1. The van der Waals surface area contributed by atoms with Crippen molar-refractivity contribution in [2.45, 2.75) is 77.4 Å². The maximum atomic E-state index is 13.0. The van der Waals surface area contributed by atoms with Gasteiger partial charge in [-0.3, -0.25) is 4.79 Å². The number of aromatic nitrogens is 1. The van der Waals surface area contributed by atoms with Gasteiger partial charge in [0.25, 0.3) is 5.56 Å². The molecule has 2 rings (SSSR count). The van der Waals surface area contributed by atoms with Crippen LogP contribution in [0, 0.1) is 0 Å². The molecule has 2 N–H and O–H groups in total. The average molecular weight is 442 g/mol. The second kappa shape index (κ2) is 10.0. The van der Waals surface area contributed by atoms with E-state index in [1.807, 2.05) is 56.3 Å². The molecule has 170 valence electrons. The van der Waals surface area contributed by atoms with E-state index in [2.05, 4.69) is 46.5 Å². The van der Waals surface area contributed by atoms with Crippen molar-refractivity contribution in [2.75, 3.05) is 6.61 Å². The molecule has 1 heterocycles. The minimum absolute atomic E-state index is 0.0186. The van der Waals surface area contributed by atoms with Crippen LogP contribution in [0.5, 0.6) is 5.75 Å². The van der Waals surface area contributed by atoms with Gasteiger partial charge in [-0.05, 0) is 36.0 Å². The Labute approximate surface area is 188 Å². The number of nitrogens with one attached hydrogen (secondary N) is 1. The number of aromatic hydroxyl groups is 1. The van der Waals surface area contributed by atoms with E-state index in [0.29, 0.717) is 34.4 Å². The minimum atomic E-state index is -2.14. The predicted octanol–water partition coefficient (Wildman–Crippen LogP) is 6.77. The van der Waals surface area contributed by atoms with Crippen molar-refractivity contribution < 1.29 is 9.53 Å². The number of pyridine rings is 1. The Morgan fingerprint density at radius 1 is 1.06 bits per heavy atom. The van der Waals surface area contributed by atoms with Crippen LogP contribution in [-0.2, 0) is 9.84 Å². The van der Waals surface area contributed by atoms with Crippen molar-refractivity contribution in [3.8, 4) is 16.9 Å². The van der Waals surface area contributed by atoms with Gasteiger partial charge in [0.1, 0.15) is 5.75 Å². The van der Waals surface area contributed by atoms with Gasteiger partial charge in [0.15, 0.2) is 8.32 Å². The molecule has 1 aromatic carbocycles. The van der Waals surface area contributed by atoms with Gasteiger partial charge < -0.3 is 14.5 Å². The molecule has 4 nitrogen and oxygen atoms in total. The van der Waals surface area contributed by atoms with Crippen molar-refractivity contribution in [1.82, 2.24) is 4.98 Å². The van der Waals surface area contributed by atoms with Crippen LogP contribution in [0.1, 0.15) is 61.0 Å². The highest BCUT2D eigenvalue weighted by molar-refractivity contribution is 6.77. The summed E-state index contributed by atoms with van der Waals surface area (Å²) >= 11 is 0. The normalized spacial score (nSPS) is 14.7. The van der Waals surface area contributed by atoms with Gasteiger partial charge >= 0.3 is 0 Å². The topological polar surface area (TPSA) is 62.3 Å². The van der Waals surface area contributed by atoms with E-state index < -0.39 is 13.7 Å². The molecular formula is C26H39NO3Si. The quantitative estimate of drug-likeness (QED) is 0.333. The van der Waals surface area contributed by atoms with Crippen LogP contribution in [0.3, 0.4) is 0 Å². The third-order valence-corrected chi connectivity index (χ3v) is 12.6. The molecule has 0 spiro atoms. The van der Waals surface area contributed by atoms with Crippen LogP contribution in [0.15, 0.2) is 53.5 Å². The maximum absolute atomic E-state index is 13.0. The number of benzene rings is 1. The number of rotatable bonds is 9. The van der Waals surface area contributed by atoms with Crippen LogP contribution >= 0.6 is 0 Å². The second-order valence-electron chi connectivity index (χ2n) is 9.64. The Morgan fingerprint density at radius 2 is 1.61 bits per heavy atom.